The van der Waals surface area contributed by atoms with E-state index < -0.39 is 6.10 Å². The molecule has 1 aliphatic rings. The van der Waals surface area contributed by atoms with Gasteiger partial charge in [-0.15, -0.1) is 0 Å². The molecule has 1 aliphatic heterocycles. The van der Waals surface area contributed by atoms with Crippen LogP contribution >= 0.6 is 0 Å². The molecule has 0 saturated heterocycles. The van der Waals surface area contributed by atoms with Crippen LogP contribution in [0.5, 0.6) is 5.75 Å². The van der Waals surface area contributed by atoms with Crippen LogP contribution in [-0.4, -0.2) is 23.7 Å². The van der Waals surface area contributed by atoms with Crippen LogP contribution in [0.2, 0.25) is 0 Å². The average molecular weight is 287 g/mol. The minimum absolute atomic E-state index is 0.197. The van der Waals surface area contributed by atoms with Gasteiger partial charge in [0.15, 0.2) is 0 Å². The lowest BCUT2D eigenvalue weighted by molar-refractivity contribution is 0.0836. The van der Waals surface area contributed by atoms with Crippen LogP contribution in [0.25, 0.3) is 0 Å². The van der Waals surface area contributed by atoms with Gasteiger partial charge in [-0.05, 0) is 11.1 Å². The summed E-state index contributed by atoms with van der Waals surface area (Å²) < 4.78 is 10.3. The van der Waals surface area contributed by atoms with Crippen molar-refractivity contribution in [2.75, 3.05) is 13.7 Å². The van der Waals surface area contributed by atoms with Crippen molar-refractivity contribution in [3.05, 3.63) is 63.7 Å². The van der Waals surface area contributed by atoms with E-state index in [1.165, 1.54) is 19.4 Å². The van der Waals surface area contributed by atoms with Gasteiger partial charge in [0.2, 0.25) is 11.2 Å². The number of fused-ring (bicyclic) bond motifs is 1. The summed E-state index contributed by atoms with van der Waals surface area (Å²) in [5.41, 5.74) is 1.88. The number of β-amino-alcohol motifs (C(OH)–C–C–N with tert-alkyl or cyclic N) is 1. The molecular formula is C16H17NO4. The molecule has 1 atom stereocenters. The van der Waals surface area contributed by atoms with Gasteiger partial charge in [-0.25, -0.2) is 0 Å². The Kier molecular flexibility index (Phi) is 3.77. The van der Waals surface area contributed by atoms with Crippen molar-refractivity contribution in [1.82, 2.24) is 4.90 Å². The van der Waals surface area contributed by atoms with Gasteiger partial charge in [-0.1, -0.05) is 24.3 Å². The van der Waals surface area contributed by atoms with Crippen molar-refractivity contribution in [3.63, 3.8) is 0 Å². The van der Waals surface area contributed by atoms with E-state index in [2.05, 4.69) is 4.90 Å². The first kappa shape index (κ1) is 13.9. The molecule has 0 fully saturated rings. The predicted octanol–water partition coefficient (Wildman–Crippen LogP) is 1.70. The normalized spacial score (nSPS) is 18.3. The van der Waals surface area contributed by atoms with Crippen molar-refractivity contribution < 1.29 is 14.3 Å². The molecule has 2 heterocycles. The molecule has 0 aliphatic carbocycles. The van der Waals surface area contributed by atoms with E-state index in [0.29, 0.717) is 18.8 Å². The number of rotatable bonds is 3. The molecule has 0 unspecified atom stereocenters. The SMILES string of the molecule is COc1coc(CN2Cc3ccccc3[C@H](O)C2)cc1=O. The van der Waals surface area contributed by atoms with Gasteiger partial charge < -0.3 is 14.3 Å². The first-order valence-electron chi connectivity index (χ1n) is 6.81. The summed E-state index contributed by atoms with van der Waals surface area (Å²) in [6.45, 7) is 1.72. The topological polar surface area (TPSA) is 62.9 Å². The largest absolute Gasteiger partial charge is 0.490 e. The highest BCUT2D eigenvalue weighted by Crippen LogP contribution is 2.27. The highest BCUT2D eigenvalue weighted by atomic mass is 16.5. The summed E-state index contributed by atoms with van der Waals surface area (Å²) in [7, 11) is 1.43. The van der Waals surface area contributed by atoms with Crippen LogP contribution in [0.1, 0.15) is 23.0 Å². The third-order valence-corrected chi connectivity index (χ3v) is 3.69. The molecular weight excluding hydrogens is 270 g/mol. The molecule has 1 aromatic heterocycles. The van der Waals surface area contributed by atoms with E-state index in [9.17, 15) is 9.90 Å². The van der Waals surface area contributed by atoms with E-state index in [-0.39, 0.29) is 11.2 Å². The van der Waals surface area contributed by atoms with Gasteiger partial charge in [0, 0.05) is 19.2 Å². The summed E-state index contributed by atoms with van der Waals surface area (Å²) in [6.07, 6.45) is 0.811. The molecule has 0 radical (unpaired) electrons. The van der Waals surface area contributed by atoms with Crippen molar-refractivity contribution >= 4 is 0 Å². The van der Waals surface area contributed by atoms with Crippen molar-refractivity contribution in [1.29, 1.82) is 0 Å². The molecule has 2 aromatic rings. The second-order valence-electron chi connectivity index (χ2n) is 5.16. The Morgan fingerprint density at radius 3 is 3.00 bits per heavy atom. The Balaban J connectivity index is 1.78. The van der Waals surface area contributed by atoms with Crippen LogP contribution < -0.4 is 10.2 Å². The van der Waals surface area contributed by atoms with Crippen LogP contribution in [-0.2, 0) is 13.1 Å². The van der Waals surface area contributed by atoms with E-state index in [4.69, 9.17) is 9.15 Å². The minimum atomic E-state index is -0.514. The van der Waals surface area contributed by atoms with Gasteiger partial charge in [0.25, 0.3) is 0 Å². The standard InChI is InChI=1S/C16H17NO4/c1-20-16-10-21-12(6-14(16)18)8-17-7-11-4-2-3-5-13(11)15(19)9-17/h2-6,10,15,19H,7-9H2,1H3/t15-/m1/s1. The van der Waals surface area contributed by atoms with Gasteiger partial charge in [0.05, 0.1) is 19.8 Å². The molecule has 5 heteroatoms. The van der Waals surface area contributed by atoms with Crippen LogP contribution in [0.3, 0.4) is 0 Å². The summed E-state index contributed by atoms with van der Waals surface area (Å²) in [5, 5.41) is 10.2. The quantitative estimate of drug-likeness (QED) is 0.931. The molecule has 21 heavy (non-hydrogen) atoms. The lowest BCUT2D eigenvalue weighted by Crippen LogP contribution is -2.33. The fourth-order valence-corrected chi connectivity index (χ4v) is 2.66. The zero-order valence-electron chi connectivity index (χ0n) is 11.8. The Morgan fingerprint density at radius 1 is 1.43 bits per heavy atom. The number of aliphatic hydroxyl groups is 1. The van der Waals surface area contributed by atoms with E-state index in [0.717, 1.165) is 17.7 Å². The lowest BCUT2D eigenvalue weighted by atomic mass is 9.97. The molecule has 0 spiro atoms. The minimum Gasteiger partial charge on any atom is -0.490 e. The maximum atomic E-state index is 11.7. The second kappa shape index (κ2) is 5.71. The number of hydrogen-bond acceptors (Lipinski definition) is 5. The fraction of sp³-hybridized carbons (Fsp3) is 0.312. The Bertz CT molecular complexity index is 695. The van der Waals surface area contributed by atoms with Gasteiger partial charge >= 0.3 is 0 Å². The number of nitrogens with zero attached hydrogens (tertiary/aromatic N) is 1. The Morgan fingerprint density at radius 2 is 2.24 bits per heavy atom. The van der Waals surface area contributed by atoms with Gasteiger partial charge in [0.1, 0.15) is 12.0 Å². The highest BCUT2D eigenvalue weighted by Gasteiger charge is 2.23. The predicted molar refractivity (Wildman–Crippen MR) is 77.0 cm³/mol. The summed E-state index contributed by atoms with van der Waals surface area (Å²) >= 11 is 0. The monoisotopic (exact) mass is 287 g/mol. The molecule has 5 nitrogen and oxygen atoms in total. The maximum Gasteiger partial charge on any atom is 0.227 e. The Hall–Kier alpha value is -2.11. The maximum absolute atomic E-state index is 11.7. The Labute approximate surface area is 122 Å². The van der Waals surface area contributed by atoms with E-state index in [1.54, 1.807) is 0 Å². The fourth-order valence-electron chi connectivity index (χ4n) is 2.66. The van der Waals surface area contributed by atoms with E-state index >= 15 is 0 Å². The summed E-state index contributed by atoms with van der Waals surface area (Å²) in [4.78, 5) is 13.8. The molecule has 0 bridgehead atoms. The highest BCUT2D eigenvalue weighted by molar-refractivity contribution is 5.31. The van der Waals surface area contributed by atoms with Crippen molar-refractivity contribution in [2.24, 2.45) is 0 Å². The first-order chi connectivity index (χ1) is 10.2. The van der Waals surface area contributed by atoms with Crippen LogP contribution in [0.4, 0.5) is 0 Å². The average Bonchev–Trinajstić information content (AvgIpc) is 2.47. The molecule has 0 saturated carbocycles. The number of aliphatic hydroxyl groups excluding tert-OH is 1. The van der Waals surface area contributed by atoms with Gasteiger partial charge in [-0.3, -0.25) is 9.69 Å². The lowest BCUT2D eigenvalue weighted by Gasteiger charge is -2.31. The van der Waals surface area contributed by atoms with Crippen molar-refractivity contribution in [2.45, 2.75) is 19.2 Å². The summed E-state index contributed by atoms with van der Waals surface area (Å²) in [6, 6.07) is 9.29. The molecule has 1 aromatic carbocycles. The number of methoxy groups -OCH3 is 1. The third-order valence-electron chi connectivity index (χ3n) is 3.69. The zero-order valence-corrected chi connectivity index (χ0v) is 11.8. The first-order valence-corrected chi connectivity index (χ1v) is 6.81. The van der Waals surface area contributed by atoms with Crippen LogP contribution in [0, 0.1) is 0 Å². The number of hydrogen-bond donors (Lipinski definition) is 1. The van der Waals surface area contributed by atoms with E-state index in [1.807, 2.05) is 24.3 Å². The molecule has 0 amide bonds. The second-order valence-corrected chi connectivity index (χ2v) is 5.16. The third kappa shape index (κ3) is 2.84. The molecule has 110 valence electrons. The number of ether oxygens (including phenoxy) is 1. The summed E-state index contributed by atoms with van der Waals surface area (Å²) in [5.74, 6) is 0.759. The molecule has 3 rings (SSSR count). The number of benzene rings is 1. The van der Waals surface area contributed by atoms with Crippen molar-refractivity contribution in [3.8, 4) is 5.75 Å². The smallest absolute Gasteiger partial charge is 0.227 e. The molecule has 1 N–H and O–H groups in total. The van der Waals surface area contributed by atoms with Gasteiger partial charge in [-0.2, -0.15) is 0 Å². The van der Waals surface area contributed by atoms with Crippen LogP contribution in [0.15, 0.2) is 45.8 Å². The zero-order chi connectivity index (χ0) is 14.8.